The van der Waals surface area contributed by atoms with Gasteiger partial charge < -0.3 is 10.2 Å². The Bertz CT molecular complexity index is 299. The minimum Gasteiger partial charge on any atom is -0.336 e. The van der Waals surface area contributed by atoms with Crippen LogP contribution in [0, 0.1) is 0 Å². The average Bonchev–Trinajstić information content (AvgIpc) is 2.75. The zero-order chi connectivity index (χ0) is 14.0. The van der Waals surface area contributed by atoms with E-state index < -0.39 is 18.0 Å². The molecule has 0 bridgehead atoms. The van der Waals surface area contributed by atoms with Crippen molar-refractivity contribution in [3.05, 3.63) is 0 Å². The van der Waals surface area contributed by atoms with Crippen LogP contribution in [0.3, 0.4) is 0 Å². The van der Waals surface area contributed by atoms with Gasteiger partial charge in [-0.3, -0.25) is 4.79 Å². The van der Waals surface area contributed by atoms with Crippen molar-refractivity contribution in [2.45, 2.75) is 37.9 Å². The van der Waals surface area contributed by atoms with Crippen molar-refractivity contribution in [2.75, 3.05) is 19.6 Å². The molecule has 1 saturated heterocycles. The first-order chi connectivity index (χ1) is 8.20. The molecule has 106 valence electrons. The van der Waals surface area contributed by atoms with Crippen LogP contribution in [0.15, 0.2) is 0 Å². The van der Waals surface area contributed by atoms with Gasteiger partial charge in [-0.1, -0.05) is 0 Å². The molecule has 1 amide bonds. The summed E-state index contributed by atoms with van der Waals surface area (Å²) in [4.78, 5) is 11.8. The Morgan fingerprint density at radius 3 is 2.33 bits per heavy atom. The van der Waals surface area contributed by atoms with E-state index in [-0.39, 0.29) is 19.1 Å². The number of nitrogens with one attached hydrogen (secondary N) is 1. The fraction of sp³-hybridized carbons (Fsp3) is 0.900. The monoisotopic (exact) mass is 274 g/mol. The van der Waals surface area contributed by atoms with Crippen LogP contribution in [0.1, 0.15) is 19.8 Å². The first kappa shape index (κ1) is 15.1. The molecule has 0 spiro atoms. The highest BCUT2D eigenvalue weighted by atomic mass is 19.4. The first-order valence-corrected chi connectivity index (χ1v) is 5.67. The van der Waals surface area contributed by atoms with Gasteiger partial charge in [-0.05, 0) is 26.3 Å². The minimum atomic E-state index is -5.85. The van der Waals surface area contributed by atoms with Crippen molar-refractivity contribution in [1.29, 1.82) is 0 Å². The highest BCUT2D eigenvalue weighted by molar-refractivity contribution is 5.84. The SMILES string of the molecule is CCN(CC1CCCN1)C(=O)C(F)(F)C(F)(F)F. The van der Waals surface area contributed by atoms with Gasteiger partial charge in [0.1, 0.15) is 0 Å². The normalized spacial score (nSPS) is 21.1. The molecule has 0 saturated carbocycles. The summed E-state index contributed by atoms with van der Waals surface area (Å²) in [5.41, 5.74) is 0. The van der Waals surface area contributed by atoms with Crippen molar-refractivity contribution in [1.82, 2.24) is 10.2 Å². The number of rotatable bonds is 4. The van der Waals surface area contributed by atoms with Crippen molar-refractivity contribution in [3.63, 3.8) is 0 Å². The van der Waals surface area contributed by atoms with Crippen LogP contribution >= 0.6 is 0 Å². The van der Waals surface area contributed by atoms with Crippen LogP contribution in [0.2, 0.25) is 0 Å². The number of carbonyl (C=O) groups excluding carboxylic acids is 1. The van der Waals surface area contributed by atoms with E-state index in [1.165, 1.54) is 6.92 Å². The summed E-state index contributed by atoms with van der Waals surface area (Å²) in [6, 6.07) is -0.210. The molecule has 0 aromatic rings. The van der Waals surface area contributed by atoms with Gasteiger partial charge in [-0.2, -0.15) is 22.0 Å². The molecule has 0 aliphatic carbocycles. The zero-order valence-electron chi connectivity index (χ0n) is 9.86. The maximum absolute atomic E-state index is 12.9. The Morgan fingerprint density at radius 1 is 1.33 bits per heavy atom. The lowest BCUT2D eigenvalue weighted by Crippen LogP contribution is -2.54. The molecule has 3 nitrogen and oxygen atoms in total. The van der Waals surface area contributed by atoms with Gasteiger partial charge in [0.05, 0.1) is 0 Å². The topological polar surface area (TPSA) is 32.3 Å². The minimum absolute atomic E-state index is 0.124. The van der Waals surface area contributed by atoms with Crippen LogP contribution in [0.5, 0.6) is 0 Å². The maximum Gasteiger partial charge on any atom is 0.463 e. The molecular formula is C10H15F5N2O. The number of nitrogens with zero attached hydrogens (tertiary/aromatic N) is 1. The number of alkyl halides is 5. The quantitative estimate of drug-likeness (QED) is 0.793. The maximum atomic E-state index is 12.9. The number of carbonyl (C=O) groups is 1. The van der Waals surface area contributed by atoms with E-state index in [1.54, 1.807) is 0 Å². The van der Waals surface area contributed by atoms with Gasteiger partial charge in [-0.15, -0.1) is 0 Å². The summed E-state index contributed by atoms with van der Waals surface area (Å²) in [6.45, 7) is 1.76. The third-order valence-corrected chi connectivity index (χ3v) is 2.90. The average molecular weight is 274 g/mol. The molecule has 1 fully saturated rings. The Labute approximate surface area is 101 Å². The molecule has 1 rings (SSSR count). The standard InChI is InChI=1S/C10H15F5N2O/c1-2-17(6-7-4-3-5-16-7)8(18)9(11,12)10(13,14)15/h7,16H,2-6H2,1H3. The molecule has 1 heterocycles. The molecule has 18 heavy (non-hydrogen) atoms. The molecule has 0 aromatic carbocycles. The van der Waals surface area contributed by atoms with Crippen molar-refractivity contribution < 1.29 is 26.7 Å². The van der Waals surface area contributed by atoms with Gasteiger partial charge >= 0.3 is 18.0 Å². The summed E-state index contributed by atoms with van der Waals surface area (Å²) in [6.07, 6.45) is -4.35. The van der Waals surface area contributed by atoms with Gasteiger partial charge in [0.15, 0.2) is 0 Å². The highest BCUT2D eigenvalue weighted by Crippen LogP contribution is 2.36. The predicted octanol–water partition coefficient (Wildman–Crippen LogP) is 1.78. The fourth-order valence-electron chi connectivity index (χ4n) is 1.85. The fourth-order valence-corrected chi connectivity index (χ4v) is 1.85. The lowest BCUT2D eigenvalue weighted by atomic mass is 10.2. The Morgan fingerprint density at radius 2 is 1.94 bits per heavy atom. The summed E-state index contributed by atoms with van der Waals surface area (Å²) < 4.78 is 62.0. The van der Waals surface area contributed by atoms with Gasteiger partial charge in [0.25, 0.3) is 0 Å². The van der Waals surface area contributed by atoms with E-state index in [0.717, 1.165) is 6.42 Å². The van der Waals surface area contributed by atoms with Gasteiger partial charge in [-0.25, -0.2) is 0 Å². The smallest absolute Gasteiger partial charge is 0.336 e. The molecule has 1 aliphatic heterocycles. The van der Waals surface area contributed by atoms with Crippen LogP contribution < -0.4 is 5.32 Å². The van der Waals surface area contributed by atoms with Gasteiger partial charge in [0.2, 0.25) is 0 Å². The molecule has 8 heteroatoms. The number of halogens is 5. The third kappa shape index (κ3) is 3.09. The van der Waals surface area contributed by atoms with E-state index in [4.69, 9.17) is 0 Å². The number of hydrogen-bond donors (Lipinski definition) is 1. The molecule has 0 aromatic heterocycles. The van der Waals surface area contributed by atoms with E-state index in [2.05, 4.69) is 5.32 Å². The summed E-state index contributed by atoms with van der Waals surface area (Å²) >= 11 is 0. The second-order valence-corrected chi connectivity index (χ2v) is 4.21. The van der Waals surface area contributed by atoms with Crippen LogP contribution in [0.4, 0.5) is 22.0 Å². The van der Waals surface area contributed by atoms with Crippen molar-refractivity contribution >= 4 is 5.91 Å². The molecular weight excluding hydrogens is 259 g/mol. The second-order valence-electron chi connectivity index (χ2n) is 4.21. The largest absolute Gasteiger partial charge is 0.463 e. The lowest BCUT2D eigenvalue weighted by Gasteiger charge is -2.29. The van der Waals surface area contributed by atoms with Crippen LogP contribution in [-0.2, 0) is 4.79 Å². The molecule has 1 atom stereocenters. The predicted molar refractivity (Wildman–Crippen MR) is 54.3 cm³/mol. The van der Waals surface area contributed by atoms with E-state index in [9.17, 15) is 26.7 Å². The second kappa shape index (κ2) is 5.38. The Hall–Kier alpha value is -0.920. The number of likely N-dealkylation sites (N-methyl/N-ethyl adjacent to an activating group) is 1. The third-order valence-electron chi connectivity index (χ3n) is 2.90. The summed E-state index contributed by atoms with van der Waals surface area (Å²) in [5.74, 6) is -7.49. The van der Waals surface area contributed by atoms with Crippen LogP contribution in [-0.4, -0.2) is 48.6 Å². The Kier molecular flexibility index (Phi) is 4.52. The van der Waals surface area contributed by atoms with Crippen molar-refractivity contribution in [3.8, 4) is 0 Å². The van der Waals surface area contributed by atoms with E-state index in [0.29, 0.717) is 17.9 Å². The lowest BCUT2D eigenvalue weighted by molar-refractivity contribution is -0.274. The number of hydrogen-bond acceptors (Lipinski definition) is 2. The molecule has 1 unspecified atom stereocenters. The van der Waals surface area contributed by atoms with E-state index >= 15 is 0 Å². The van der Waals surface area contributed by atoms with Gasteiger partial charge in [0, 0.05) is 19.1 Å². The highest BCUT2D eigenvalue weighted by Gasteiger charge is 2.64. The summed E-state index contributed by atoms with van der Waals surface area (Å²) in [5, 5.41) is 2.95. The first-order valence-electron chi connectivity index (χ1n) is 5.67. The zero-order valence-corrected chi connectivity index (χ0v) is 9.86. The van der Waals surface area contributed by atoms with E-state index in [1.807, 2.05) is 0 Å². The summed E-state index contributed by atoms with van der Waals surface area (Å²) in [7, 11) is 0. The van der Waals surface area contributed by atoms with Crippen molar-refractivity contribution in [2.24, 2.45) is 0 Å². The molecule has 0 radical (unpaired) electrons. The molecule has 1 N–H and O–H groups in total. The molecule has 1 aliphatic rings. The Balaban J connectivity index is 2.72. The van der Waals surface area contributed by atoms with Crippen LogP contribution in [0.25, 0.3) is 0 Å². The number of amides is 1.